The number of rotatable bonds is 3. The first kappa shape index (κ1) is 16.4. The van der Waals surface area contributed by atoms with Crippen LogP contribution in [-0.4, -0.2) is 39.7 Å². The highest BCUT2D eigenvalue weighted by Crippen LogP contribution is 2.27. The number of fused-ring (bicyclic) bond motifs is 1. The second kappa shape index (κ2) is 6.71. The minimum absolute atomic E-state index is 0.124. The SMILES string of the molecule is Cc1c(-c2ccc(OC3CCN(C(N)=O)CC3)cc2)ccc2ccnn12. The van der Waals surface area contributed by atoms with Crippen molar-refractivity contribution in [1.82, 2.24) is 14.5 Å². The molecule has 1 aliphatic heterocycles. The molecule has 2 N–H and O–H groups in total. The van der Waals surface area contributed by atoms with Gasteiger partial charge in [-0.15, -0.1) is 0 Å². The Bertz CT molecular complexity index is 925. The smallest absolute Gasteiger partial charge is 0.314 e. The molecule has 0 saturated carbocycles. The maximum Gasteiger partial charge on any atom is 0.314 e. The predicted molar refractivity (Wildman–Crippen MR) is 100 cm³/mol. The van der Waals surface area contributed by atoms with E-state index in [-0.39, 0.29) is 12.1 Å². The van der Waals surface area contributed by atoms with E-state index in [1.165, 1.54) is 0 Å². The van der Waals surface area contributed by atoms with Gasteiger partial charge >= 0.3 is 6.03 Å². The maximum absolute atomic E-state index is 11.2. The molecular weight excluding hydrogens is 328 g/mol. The van der Waals surface area contributed by atoms with Crippen LogP contribution in [0, 0.1) is 6.92 Å². The first-order valence-electron chi connectivity index (χ1n) is 8.86. The van der Waals surface area contributed by atoms with E-state index in [4.69, 9.17) is 10.5 Å². The molecule has 0 aliphatic carbocycles. The molecule has 0 radical (unpaired) electrons. The third-order valence-corrected chi connectivity index (χ3v) is 5.02. The van der Waals surface area contributed by atoms with Gasteiger partial charge in [-0.2, -0.15) is 5.10 Å². The van der Waals surface area contributed by atoms with Gasteiger partial charge in [-0.25, -0.2) is 9.31 Å². The van der Waals surface area contributed by atoms with Crippen LogP contribution in [0.4, 0.5) is 4.79 Å². The number of hydrogen-bond donors (Lipinski definition) is 1. The van der Waals surface area contributed by atoms with Crippen molar-refractivity contribution in [3.8, 4) is 16.9 Å². The highest BCUT2D eigenvalue weighted by Gasteiger charge is 2.22. The quantitative estimate of drug-likeness (QED) is 0.788. The fourth-order valence-corrected chi connectivity index (χ4v) is 3.53. The molecule has 1 saturated heterocycles. The van der Waals surface area contributed by atoms with Crippen LogP contribution in [0.2, 0.25) is 0 Å². The van der Waals surface area contributed by atoms with Crippen LogP contribution >= 0.6 is 0 Å². The standard InChI is InChI=1S/C20H22N4O2/c1-14-19(7-4-16-8-11-22-24(14)16)15-2-5-17(6-3-15)26-18-9-12-23(13-10-18)20(21)25/h2-8,11,18H,9-10,12-13H2,1H3,(H2,21,25). The van der Waals surface area contributed by atoms with Crippen molar-refractivity contribution in [3.05, 3.63) is 54.4 Å². The lowest BCUT2D eigenvalue weighted by atomic mass is 10.0. The van der Waals surface area contributed by atoms with E-state index in [9.17, 15) is 4.79 Å². The second-order valence-corrected chi connectivity index (χ2v) is 6.67. The Morgan fingerprint density at radius 2 is 1.85 bits per heavy atom. The first-order chi connectivity index (χ1) is 12.6. The Kier molecular flexibility index (Phi) is 4.24. The van der Waals surface area contributed by atoms with Crippen molar-refractivity contribution < 1.29 is 9.53 Å². The Hall–Kier alpha value is -3.02. The largest absolute Gasteiger partial charge is 0.490 e. The first-order valence-corrected chi connectivity index (χ1v) is 8.86. The molecule has 0 unspecified atom stereocenters. The number of ether oxygens (including phenoxy) is 1. The van der Waals surface area contributed by atoms with Crippen LogP contribution in [0.25, 0.3) is 16.6 Å². The number of piperidine rings is 1. The lowest BCUT2D eigenvalue weighted by Gasteiger charge is -2.31. The topological polar surface area (TPSA) is 72.9 Å². The summed E-state index contributed by atoms with van der Waals surface area (Å²) in [6, 6.07) is 14.0. The number of pyridine rings is 1. The molecule has 1 fully saturated rings. The molecule has 0 atom stereocenters. The molecule has 1 aromatic carbocycles. The Morgan fingerprint density at radius 1 is 1.12 bits per heavy atom. The van der Waals surface area contributed by atoms with E-state index < -0.39 is 0 Å². The van der Waals surface area contributed by atoms with E-state index >= 15 is 0 Å². The summed E-state index contributed by atoms with van der Waals surface area (Å²) in [7, 11) is 0. The molecule has 2 aromatic heterocycles. The van der Waals surface area contributed by atoms with Crippen LogP contribution in [0.3, 0.4) is 0 Å². The number of aromatic nitrogens is 2. The monoisotopic (exact) mass is 350 g/mol. The van der Waals surface area contributed by atoms with Crippen LogP contribution < -0.4 is 10.5 Å². The number of aryl methyl sites for hydroxylation is 1. The summed E-state index contributed by atoms with van der Waals surface area (Å²) in [6.45, 7) is 3.38. The minimum Gasteiger partial charge on any atom is -0.490 e. The van der Waals surface area contributed by atoms with Crippen molar-refractivity contribution in [1.29, 1.82) is 0 Å². The van der Waals surface area contributed by atoms with E-state index in [1.54, 1.807) is 4.90 Å². The molecule has 26 heavy (non-hydrogen) atoms. The van der Waals surface area contributed by atoms with Crippen molar-refractivity contribution >= 4 is 11.5 Å². The van der Waals surface area contributed by atoms with Crippen molar-refractivity contribution in [2.45, 2.75) is 25.9 Å². The van der Waals surface area contributed by atoms with Crippen molar-refractivity contribution in [2.75, 3.05) is 13.1 Å². The molecule has 6 nitrogen and oxygen atoms in total. The van der Waals surface area contributed by atoms with Crippen molar-refractivity contribution in [2.24, 2.45) is 5.73 Å². The molecule has 3 aromatic rings. The zero-order valence-corrected chi connectivity index (χ0v) is 14.8. The normalized spacial score (nSPS) is 15.3. The van der Waals surface area contributed by atoms with Crippen molar-refractivity contribution in [3.63, 3.8) is 0 Å². The van der Waals surface area contributed by atoms with Gasteiger partial charge in [-0.05, 0) is 36.8 Å². The Balaban J connectivity index is 1.47. The van der Waals surface area contributed by atoms with E-state index in [0.29, 0.717) is 13.1 Å². The number of carbonyl (C=O) groups is 1. The average molecular weight is 350 g/mol. The number of hydrogen-bond acceptors (Lipinski definition) is 3. The fourth-order valence-electron chi connectivity index (χ4n) is 3.53. The van der Waals surface area contributed by atoms with E-state index in [2.05, 4.69) is 36.3 Å². The van der Waals surface area contributed by atoms with E-state index in [1.807, 2.05) is 28.9 Å². The molecule has 4 rings (SSSR count). The highest BCUT2D eigenvalue weighted by atomic mass is 16.5. The zero-order valence-electron chi connectivity index (χ0n) is 14.8. The molecule has 6 heteroatoms. The number of benzene rings is 1. The summed E-state index contributed by atoms with van der Waals surface area (Å²) in [6.07, 6.45) is 3.55. The Labute approximate surface area is 152 Å². The Morgan fingerprint density at radius 3 is 2.54 bits per heavy atom. The molecule has 0 bridgehead atoms. The van der Waals surface area contributed by atoms with Crippen LogP contribution in [0.5, 0.6) is 5.75 Å². The number of amides is 2. The molecule has 1 aliphatic rings. The van der Waals surface area contributed by atoms with Crippen LogP contribution in [-0.2, 0) is 0 Å². The van der Waals surface area contributed by atoms with Gasteiger partial charge < -0.3 is 15.4 Å². The number of carbonyl (C=O) groups excluding carboxylic acids is 1. The third kappa shape index (κ3) is 3.10. The minimum atomic E-state index is -0.350. The number of urea groups is 1. The number of nitrogens with zero attached hydrogens (tertiary/aromatic N) is 3. The van der Waals surface area contributed by atoms with Gasteiger partial charge in [0.15, 0.2) is 0 Å². The van der Waals surface area contributed by atoms with Gasteiger partial charge in [0.1, 0.15) is 11.9 Å². The number of nitrogens with two attached hydrogens (primary N) is 1. The summed E-state index contributed by atoms with van der Waals surface area (Å²) in [4.78, 5) is 12.8. The van der Waals surface area contributed by atoms with Gasteiger partial charge in [0.25, 0.3) is 0 Å². The lowest BCUT2D eigenvalue weighted by Crippen LogP contribution is -2.44. The second-order valence-electron chi connectivity index (χ2n) is 6.67. The molecule has 134 valence electrons. The maximum atomic E-state index is 11.2. The highest BCUT2D eigenvalue weighted by molar-refractivity contribution is 5.72. The number of primary amides is 1. The van der Waals surface area contributed by atoms with E-state index in [0.717, 1.165) is 40.9 Å². The zero-order chi connectivity index (χ0) is 18.1. The summed E-state index contributed by atoms with van der Waals surface area (Å²) in [5, 5.41) is 4.37. The predicted octanol–water partition coefficient (Wildman–Crippen LogP) is 3.23. The number of likely N-dealkylation sites (tertiary alicyclic amines) is 1. The summed E-state index contributed by atoms with van der Waals surface area (Å²) < 4.78 is 8.02. The third-order valence-electron chi connectivity index (χ3n) is 5.02. The molecule has 3 heterocycles. The van der Waals surface area contributed by atoms with Gasteiger partial charge in [-0.3, -0.25) is 0 Å². The van der Waals surface area contributed by atoms with Gasteiger partial charge in [0.2, 0.25) is 0 Å². The van der Waals surface area contributed by atoms with Crippen LogP contribution in [0.15, 0.2) is 48.7 Å². The van der Waals surface area contributed by atoms with Gasteiger partial charge in [0, 0.05) is 43.4 Å². The molecule has 0 spiro atoms. The summed E-state index contributed by atoms with van der Waals surface area (Å²) in [5.74, 6) is 0.851. The lowest BCUT2D eigenvalue weighted by molar-refractivity contribution is 0.114. The summed E-state index contributed by atoms with van der Waals surface area (Å²) in [5.41, 5.74) is 9.81. The molecule has 2 amide bonds. The van der Waals surface area contributed by atoms with Gasteiger partial charge in [-0.1, -0.05) is 18.2 Å². The fraction of sp³-hybridized carbons (Fsp3) is 0.300. The average Bonchev–Trinajstić information content (AvgIpc) is 3.13. The van der Waals surface area contributed by atoms with Crippen LogP contribution in [0.1, 0.15) is 18.5 Å². The molecular formula is C20H22N4O2. The van der Waals surface area contributed by atoms with Gasteiger partial charge in [0.05, 0.1) is 5.52 Å². The summed E-state index contributed by atoms with van der Waals surface area (Å²) >= 11 is 0.